The van der Waals surface area contributed by atoms with Gasteiger partial charge in [0.15, 0.2) is 0 Å². The van der Waals surface area contributed by atoms with E-state index in [-0.39, 0.29) is 16.4 Å². The van der Waals surface area contributed by atoms with Gasteiger partial charge in [0.25, 0.3) is 0 Å². The molecule has 0 unspecified atom stereocenters. The summed E-state index contributed by atoms with van der Waals surface area (Å²) in [5.74, 6) is -1.47. The summed E-state index contributed by atoms with van der Waals surface area (Å²) in [5, 5.41) is 13.0. The monoisotopic (exact) mass is 292 g/mol. The average Bonchev–Trinajstić information content (AvgIpc) is 2.40. The fourth-order valence-corrected chi connectivity index (χ4v) is 1.73. The summed E-state index contributed by atoms with van der Waals surface area (Å²) in [6.07, 6.45) is 1.43. The van der Waals surface area contributed by atoms with Gasteiger partial charge in [0, 0.05) is 0 Å². The molecule has 2 rings (SSSR count). The highest BCUT2D eigenvalue weighted by Crippen LogP contribution is 2.20. The molecule has 0 aliphatic rings. The molecule has 0 saturated heterocycles. The molecule has 4 nitrogen and oxygen atoms in total. The number of carboxylic acid groups (broad SMARTS) is 1. The number of nitrogens with one attached hydrogen (secondary N) is 1. The average molecular weight is 293 g/mol. The zero-order valence-electron chi connectivity index (χ0n) is 10.2. The summed E-state index contributed by atoms with van der Waals surface area (Å²) in [4.78, 5) is 10.9. The predicted molar refractivity (Wildman–Crippen MR) is 76.0 cm³/mol. The van der Waals surface area contributed by atoms with Crippen molar-refractivity contribution in [2.24, 2.45) is 5.10 Å². The van der Waals surface area contributed by atoms with E-state index in [0.717, 1.165) is 0 Å². The lowest BCUT2D eigenvalue weighted by molar-refractivity contribution is 0.0697. The smallest absolute Gasteiger partial charge is 0.337 e. The zero-order valence-corrected chi connectivity index (χ0v) is 10.9. The molecule has 0 aromatic heterocycles. The number of anilines is 1. The van der Waals surface area contributed by atoms with Gasteiger partial charge in [-0.3, -0.25) is 5.43 Å². The van der Waals surface area contributed by atoms with Gasteiger partial charge >= 0.3 is 5.97 Å². The van der Waals surface area contributed by atoms with Crippen molar-refractivity contribution in [3.05, 3.63) is 64.4 Å². The van der Waals surface area contributed by atoms with Crippen LogP contribution in [-0.2, 0) is 0 Å². The molecule has 20 heavy (non-hydrogen) atoms. The fraction of sp³-hybridized carbons (Fsp3) is 0. The number of carbonyl (C=O) groups is 1. The lowest BCUT2D eigenvalue weighted by atomic mass is 10.2. The van der Waals surface area contributed by atoms with E-state index in [1.54, 1.807) is 18.2 Å². The van der Waals surface area contributed by atoms with Gasteiger partial charge in [-0.25, -0.2) is 9.18 Å². The largest absolute Gasteiger partial charge is 0.478 e. The van der Waals surface area contributed by atoms with Gasteiger partial charge in [-0.15, -0.1) is 0 Å². The normalized spacial score (nSPS) is 10.7. The van der Waals surface area contributed by atoms with Crippen molar-refractivity contribution in [1.82, 2.24) is 0 Å². The van der Waals surface area contributed by atoms with Crippen LogP contribution in [0, 0.1) is 5.82 Å². The number of hydrogen-bond acceptors (Lipinski definition) is 3. The van der Waals surface area contributed by atoms with Crippen LogP contribution in [0.5, 0.6) is 0 Å². The highest BCUT2D eigenvalue weighted by molar-refractivity contribution is 6.33. The van der Waals surface area contributed by atoms with Gasteiger partial charge in [-0.1, -0.05) is 23.7 Å². The van der Waals surface area contributed by atoms with E-state index in [1.807, 2.05) is 0 Å². The number of nitrogens with zero attached hydrogens (tertiary/aromatic N) is 1. The Bertz CT molecular complexity index is 674. The summed E-state index contributed by atoms with van der Waals surface area (Å²) in [6, 6.07) is 10.4. The molecule has 102 valence electrons. The summed E-state index contributed by atoms with van der Waals surface area (Å²) < 4.78 is 12.9. The molecule has 0 bridgehead atoms. The molecule has 0 aliphatic heterocycles. The van der Waals surface area contributed by atoms with Crippen LogP contribution in [-0.4, -0.2) is 17.3 Å². The second kappa shape index (κ2) is 6.16. The molecule has 0 amide bonds. The Morgan fingerprint density at radius 2 is 2.10 bits per heavy atom. The molecule has 2 aromatic carbocycles. The van der Waals surface area contributed by atoms with Gasteiger partial charge in [0.2, 0.25) is 0 Å². The number of hydrazone groups is 1. The second-order valence-corrected chi connectivity index (χ2v) is 4.33. The van der Waals surface area contributed by atoms with Crippen LogP contribution in [0.3, 0.4) is 0 Å². The first-order valence-corrected chi connectivity index (χ1v) is 6.01. The molecule has 0 heterocycles. The molecule has 0 atom stereocenters. The molecule has 6 heteroatoms. The summed E-state index contributed by atoms with van der Waals surface area (Å²) in [6.45, 7) is 0. The summed E-state index contributed by atoms with van der Waals surface area (Å²) in [7, 11) is 0. The number of benzene rings is 2. The maximum absolute atomic E-state index is 12.9. The molecular formula is C14H10ClFN2O2. The number of carboxylic acids is 1. The van der Waals surface area contributed by atoms with Crippen molar-refractivity contribution < 1.29 is 14.3 Å². The van der Waals surface area contributed by atoms with Gasteiger partial charge in [-0.2, -0.15) is 5.10 Å². The predicted octanol–water partition coefficient (Wildman–Crippen LogP) is 3.62. The maximum atomic E-state index is 12.9. The van der Waals surface area contributed by atoms with Gasteiger partial charge in [-0.05, 0) is 35.9 Å². The number of halogens is 2. The van der Waals surface area contributed by atoms with E-state index in [0.29, 0.717) is 11.3 Å². The van der Waals surface area contributed by atoms with Crippen molar-refractivity contribution in [3.63, 3.8) is 0 Å². The second-order valence-electron chi connectivity index (χ2n) is 3.92. The minimum absolute atomic E-state index is 0.0161. The van der Waals surface area contributed by atoms with E-state index >= 15 is 0 Å². The Balaban J connectivity index is 2.11. The molecule has 0 aliphatic carbocycles. The quantitative estimate of drug-likeness (QED) is 0.668. The van der Waals surface area contributed by atoms with E-state index in [9.17, 15) is 9.18 Å². The lowest BCUT2D eigenvalue weighted by Gasteiger charge is -2.03. The summed E-state index contributed by atoms with van der Waals surface area (Å²) >= 11 is 5.75. The number of hydrogen-bond donors (Lipinski definition) is 2. The van der Waals surface area contributed by atoms with E-state index in [2.05, 4.69) is 10.5 Å². The third kappa shape index (κ3) is 3.55. The SMILES string of the molecule is O=C(O)c1cc(NN=Cc2cccc(F)c2)ccc1Cl. The number of rotatable bonds is 4. The third-order valence-corrected chi connectivity index (χ3v) is 2.78. The van der Waals surface area contributed by atoms with Crippen molar-refractivity contribution >= 4 is 29.5 Å². The van der Waals surface area contributed by atoms with Gasteiger partial charge in [0.05, 0.1) is 22.5 Å². The Hall–Kier alpha value is -2.40. The first kappa shape index (κ1) is 14.0. The van der Waals surface area contributed by atoms with Crippen LogP contribution in [0.2, 0.25) is 5.02 Å². The maximum Gasteiger partial charge on any atom is 0.337 e. The van der Waals surface area contributed by atoms with Crippen LogP contribution in [0.25, 0.3) is 0 Å². The van der Waals surface area contributed by atoms with E-state index in [4.69, 9.17) is 16.7 Å². The van der Waals surface area contributed by atoms with Crippen LogP contribution >= 0.6 is 11.6 Å². The van der Waals surface area contributed by atoms with Crippen molar-refractivity contribution in [2.45, 2.75) is 0 Å². The van der Waals surface area contributed by atoms with Gasteiger partial charge in [0.1, 0.15) is 5.82 Å². The van der Waals surface area contributed by atoms with Crippen molar-refractivity contribution in [2.75, 3.05) is 5.43 Å². The molecule has 0 radical (unpaired) electrons. The van der Waals surface area contributed by atoms with Crippen molar-refractivity contribution in [1.29, 1.82) is 0 Å². The van der Waals surface area contributed by atoms with Gasteiger partial charge < -0.3 is 5.11 Å². The Kier molecular flexibility index (Phi) is 4.32. The van der Waals surface area contributed by atoms with E-state index < -0.39 is 5.97 Å². The van der Waals surface area contributed by atoms with Crippen molar-refractivity contribution in [3.8, 4) is 0 Å². The molecule has 2 aromatic rings. The highest BCUT2D eigenvalue weighted by atomic mass is 35.5. The highest BCUT2D eigenvalue weighted by Gasteiger charge is 2.08. The third-order valence-electron chi connectivity index (χ3n) is 2.45. The first-order chi connectivity index (χ1) is 9.56. The topological polar surface area (TPSA) is 61.7 Å². The fourth-order valence-electron chi connectivity index (χ4n) is 1.53. The minimum Gasteiger partial charge on any atom is -0.478 e. The van der Waals surface area contributed by atoms with Crippen LogP contribution in [0.1, 0.15) is 15.9 Å². The van der Waals surface area contributed by atoms with Crippen LogP contribution in [0.4, 0.5) is 10.1 Å². The molecule has 2 N–H and O–H groups in total. The standard InChI is InChI=1S/C14H10ClFN2O2/c15-13-5-4-11(7-12(13)14(19)20)18-17-8-9-2-1-3-10(16)6-9/h1-8,18H,(H,19,20). The minimum atomic E-state index is -1.12. The van der Waals surface area contributed by atoms with Crippen LogP contribution in [0.15, 0.2) is 47.6 Å². The first-order valence-electron chi connectivity index (χ1n) is 5.64. The Labute approximate surface area is 119 Å². The van der Waals surface area contributed by atoms with Crippen LogP contribution < -0.4 is 5.43 Å². The van der Waals surface area contributed by atoms with E-state index in [1.165, 1.54) is 30.5 Å². The molecular weight excluding hydrogens is 283 g/mol. The summed E-state index contributed by atoms with van der Waals surface area (Å²) in [5.41, 5.74) is 3.70. The molecule has 0 fully saturated rings. The lowest BCUT2D eigenvalue weighted by Crippen LogP contribution is -1.99. The Morgan fingerprint density at radius 1 is 1.30 bits per heavy atom. The Morgan fingerprint density at radius 3 is 2.80 bits per heavy atom. The molecule has 0 spiro atoms. The molecule has 0 saturated carbocycles. The zero-order chi connectivity index (χ0) is 14.5. The number of aromatic carboxylic acids is 1.